The SMILES string of the molecule is NC(=O)CCNC(=O)CCC(N)C(=O)O. The third kappa shape index (κ3) is 7.44. The minimum Gasteiger partial charge on any atom is -0.480 e. The summed E-state index contributed by atoms with van der Waals surface area (Å²) in [4.78, 5) is 31.6. The van der Waals surface area contributed by atoms with E-state index in [9.17, 15) is 14.4 Å². The first-order valence-corrected chi connectivity index (χ1v) is 4.47. The number of carboxylic acids is 1. The Hall–Kier alpha value is -1.63. The molecule has 0 fully saturated rings. The lowest BCUT2D eigenvalue weighted by Gasteiger charge is -2.06. The average Bonchev–Trinajstić information content (AvgIpc) is 2.13. The highest BCUT2D eigenvalue weighted by atomic mass is 16.4. The van der Waals surface area contributed by atoms with Crippen molar-refractivity contribution in [3.8, 4) is 0 Å². The summed E-state index contributed by atoms with van der Waals surface area (Å²) in [5, 5.41) is 10.8. The van der Waals surface area contributed by atoms with Crippen LogP contribution in [0.2, 0.25) is 0 Å². The molecule has 0 aliphatic rings. The van der Waals surface area contributed by atoms with Gasteiger partial charge >= 0.3 is 5.97 Å². The number of hydrogen-bond acceptors (Lipinski definition) is 4. The largest absolute Gasteiger partial charge is 0.480 e. The van der Waals surface area contributed by atoms with E-state index >= 15 is 0 Å². The lowest BCUT2D eigenvalue weighted by molar-refractivity contribution is -0.138. The number of amides is 2. The Bertz CT molecular complexity index is 254. The highest BCUT2D eigenvalue weighted by Crippen LogP contribution is 1.94. The third-order valence-electron chi connectivity index (χ3n) is 1.69. The van der Waals surface area contributed by atoms with Gasteiger partial charge in [0.1, 0.15) is 6.04 Å². The summed E-state index contributed by atoms with van der Waals surface area (Å²) >= 11 is 0. The van der Waals surface area contributed by atoms with E-state index in [1.165, 1.54) is 0 Å². The van der Waals surface area contributed by atoms with E-state index < -0.39 is 17.9 Å². The van der Waals surface area contributed by atoms with E-state index in [2.05, 4.69) is 5.32 Å². The van der Waals surface area contributed by atoms with Crippen molar-refractivity contribution in [2.75, 3.05) is 6.54 Å². The first-order chi connectivity index (χ1) is 6.93. The summed E-state index contributed by atoms with van der Waals surface area (Å²) in [6.07, 6.45) is 0.153. The number of carboxylic acid groups (broad SMARTS) is 1. The molecule has 0 saturated carbocycles. The molecule has 1 unspecified atom stereocenters. The molecule has 2 amide bonds. The molecule has 0 aromatic rings. The van der Waals surface area contributed by atoms with Crippen LogP contribution in [0.15, 0.2) is 0 Å². The van der Waals surface area contributed by atoms with Gasteiger partial charge in [-0.3, -0.25) is 14.4 Å². The van der Waals surface area contributed by atoms with Crippen molar-refractivity contribution in [3.63, 3.8) is 0 Å². The molecule has 0 spiro atoms. The van der Waals surface area contributed by atoms with E-state index in [0.29, 0.717) is 0 Å². The molecule has 15 heavy (non-hydrogen) atoms. The number of carbonyl (C=O) groups is 3. The van der Waals surface area contributed by atoms with E-state index in [4.69, 9.17) is 16.6 Å². The van der Waals surface area contributed by atoms with Crippen LogP contribution in [0.5, 0.6) is 0 Å². The summed E-state index contributed by atoms with van der Waals surface area (Å²) in [6, 6.07) is -1.04. The number of nitrogens with two attached hydrogens (primary N) is 2. The molecule has 7 heteroatoms. The number of primary amides is 1. The maximum Gasteiger partial charge on any atom is 0.320 e. The minimum absolute atomic E-state index is 0.0201. The van der Waals surface area contributed by atoms with E-state index in [1.54, 1.807) is 0 Å². The van der Waals surface area contributed by atoms with Crippen molar-refractivity contribution < 1.29 is 19.5 Å². The number of hydrogen-bond donors (Lipinski definition) is 4. The molecule has 0 heterocycles. The van der Waals surface area contributed by atoms with Gasteiger partial charge in [0.2, 0.25) is 11.8 Å². The normalized spacial score (nSPS) is 11.8. The van der Waals surface area contributed by atoms with Crippen LogP contribution in [0.1, 0.15) is 19.3 Å². The smallest absolute Gasteiger partial charge is 0.320 e. The second-order valence-corrected chi connectivity index (χ2v) is 3.05. The van der Waals surface area contributed by atoms with Crippen LogP contribution in [-0.2, 0) is 14.4 Å². The first kappa shape index (κ1) is 13.4. The van der Waals surface area contributed by atoms with E-state index in [-0.39, 0.29) is 31.7 Å². The Morgan fingerprint density at radius 3 is 2.33 bits per heavy atom. The molecular weight excluding hydrogens is 202 g/mol. The van der Waals surface area contributed by atoms with Crippen LogP contribution in [0.25, 0.3) is 0 Å². The van der Waals surface area contributed by atoms with Crippen LogP contribution in [0.4, 0.5) is 0 Å². The molecule has 0 aromatic heterocycles. The van der Waals surface area contributed by atoms with Crippen LogP contribution >= 0.6 is 0 Å². The number of aliphatic carboxylic acids is 1. The number of rotatable bonds is 7. The van der Waals surface area contributed by atoms with Crippen molar-refractivity contribution in [1.29, 1.82) is 0 Å². The highest BCUT2D eigenvalue weighted by molar-refractivity contribution is 5.79. The lowest BCUT2D eigenvalue weighted by atomic mass is 10.1. The van der Waals surface area contributed by atoms with Crippen LogP contribution in [-0.4, -0.2) is 35.5 Å². The fraction of sp³-hybridized carbons (Fsp3) is 0.625. The summed E-state index contributed by atoms with van der Waals surface area (Å²) in [6.45, 7) is 0.163. The zero-order valence-electron chi connectivity index (χ0n) is 8.23. The molecule has 1 atom stereocenters. The predicted octanol–water partition coefficient (Wildman–Crippen LogP) is -1.83. The fourth-order valence-corrected chi connectivity index (χ4v) is 0.824. The van der Waals surface area contributed by atoms with Gasteiger partial charge in [-0.25, -0.2) is 0 Å². The van der Waals surface area contributed by atoms with Gasteiger partial charge in [0, 0.05) is 19.4 Å². The average molecular weight is 217 g/mol. The lowest BCUT2D eigenvalue weighted by Crippen LogP contribution is -2.33. The van der Waals surface area contributed by atoms with Crippen molar-refractivity contribution >= 4 is 17.8 Å². The molecule has 0 aromatic carbocycles. The van der Waals surface area contributed by atoms with E-state index in [1.807, 2.05) is 0 Å². The van der Waals surface area contributed by atoms with Crippen LogP contribution < -0.4 is 16.8 Å². The summed E-state index contributed by atoms with van der Waals surface area (Å²) in [7, 11) is 0. The first-order valence-electron chi connectivity index (χ1n) is 4.47. The van der Waals surface area contributed by atoms with Gasteiger partial charge in [0.25, 0.3) is 0 Å². The predicted molar refractivity (Wildman–Crippen MR) is 51.7 cm³/mol. The quantitative estimate of drug-likeness (QED) is 0.397. The van der Waals surface area contributed by atoms with Crippen molar-refractivity contribution in [2.45, 2.75) is 25.3 Å². The monoisotopic (exact) mass is 217 g/mol. The zero-order valence-corrected chi connectivity index (χ0v) is 8.23. The second kappa shape index (κ2) is 6.77. The minimum atomic E-state index is -1.14. The Balaban J connectivity index is 3.57. The molecule has 0 aliphatic heterocycles. The standard InChI is InChI=1S/C8H15N3O4/c9-5(8(14)15)1-2-7(13)11-4-3-6(10)12/h5H,1-4,9H2,(H2,10,12)(H,11,13)(H,14,15). The maximum atomic E-state index is 11.0. The Morgan fingerprint density at radius 2 is 1.87 bits per heavy atom. The maximum absolute atomic E-state index is 11.0. The summed E-state index contributed by atoms with van der Waals surface area (Å²) in [5.41, 5.74) is 10.0. The highest BCUT2D eigenvalue weighted by Gasteiger charge is 2.13. The third-order valence-corrected chi connectivity index (χ3v) is 1.69. The molecular formula is C8H15N3O4. The summed E-state index contributed by atoms with van der Waals surface area (Å²) in [5.74, 6) is -1.98. The molecule has 6 N–H and O–H groups in total. The molecule has 86 valence electrons. The van der Waals surface area contributed by atoms with Crippen molar-refractivity contribution in [1.82, 2.24) is 5.32 Å². The van der Waals surface area contributed by atoms with Gasteiger partial charge in [-0.15, -0.1) is 0 Å². The van der Waals surface area contributed by atoms with Gasteiger partial charge < -0.3 is 21.9 Å². The Morgan fingerprint density at radius 1 is 1.27 bits per heavy atom. The van der Waals surface area contributed by atoms with Gasteiger partial charge in [0.05, 0.1) is 0 Å². The molecule has 0 aliphatic carbocycles. The van der Waals surface area contributed by atoms with Crippen LogP contribution in [0, 0.1) is 0 Å². The molecule has 0 saturated heterocycles. The Kier molecular flexibility index (Phi) is 6.03. The van der Waals surface area contributed by atoms with Crippen molar-refractivity contribution in [3.05, 3.63) is 0 Å². The van der Waals surface area contributed by atoms with Gasteiger partial charge in [-0.05, 0) is 6.42 Å². The molecule has 0 rings (SSSR count). The fourth-order valence-electron chi connectivity index (χ4n) is 0.824. The molecule has 7 nitrogen and oxygen atoms in total. The van der Waals surface area contributed by atoms with Gasteiger partial charge in [0.15, 0.2) is 0 Å². The van der Waals surface area contributed by atoms with E-state index in [0.717, 1.165) is 0 Å². The molecule has 0 bridgehead atoms. The Labute approximate surface area is 86.8 Å². The topological polar surface area (TPSA) is 136 Å². The van der Waals surface area contributed by atoms with Crippen LogP contribution in [0.3, 0.4) is 0 Å². The number of nitrogens with one attached hydrogen (secondary N) is 1. The zero-order chi connectivity index (χ0) is 11.8. The van der Waals surface area contributed by atoms with Crippen molar-refractivity contribution in [2.24, 2.45) is 11.5 Å². The molecule has 0 radical (unpaired) electrons. The summed E-state index contributed by atoms with van der Waals surface area (Å²) < 4.78 is 0. The van der Waals surface area contributed by atoms with Gasteiger partial charge in [-0.1, -0.05) is 0 Å². The second-order valence-electron chi connectivity index (χ2n) is 3.05. The number of carbonyl (C=O) groups excluding carboxylic acids is 2. The van der Waals surface area contributed by atoms with Gasteiger partial charge in [-0.2, -0.15) is 0 Å².